The van der Waals surface area contributed by atoms with Crippen LogP contribution < -0.4 is 14.4 Å². The maximum absolute atomic E-state index is 13.3. The summed E-state index contributed by atoms with van der Waals surface area (Å²) < 4.78 is 46.3. The molecule has 1 amide bonds. The molecule has 0 saturated carbocycles. The number of hydrogen-bond acceptors (Lipinski definition) is 4. The fourth-order valence-corrected chi connectivity index (χ4v) is 4.55. The summed E-state index contributed by atoms with van der Waals surface area (Å²) in [6, 6.07) is 18.6. The van der Waals surface area contributed by atoms with Gasteiger partial charge in [-0.2, -0.15) is 0 Å². The number of carbonyl (C=O) groups excluding carboxylic acids is 1. The lowest BCUT2D eigenvalue weighted by Gasteiger charge is -2.24. The van der Waals surface area contributed by atoms with E-state index in [1.807, 2.05) is 38.1 Å². The van der Waals surface area contributed by atoms with Crippen molar-refractivity contribution in [2.24, 2.45) is 0 Å². The minimum Gasteiger partial charge on any atom is -0.494 e. The molecule has 0 saturated heterocycles. The second-order valence-corrected chi connectivity index (χ2v) is 9.02. The van der Waals surface area contributed by atoms with Crippen LogP contribution >= 0.6 is 0 Å². The van der Waals surface area contributed by atoms with Crippen molar-refractivity contribution in [3.63, 3.8) is 0 Å². The molecule has 0 aliphatic rings. The summed E-state index contributed by atoms with van der Waals surface area (Å²) in [5.41, 5.74) is 2.27. The number of hydrogen-bond donors (Lipinski definition) is 1. The Morgan fingerprint density at radius 1 is 1.03 bits per heavy atom. The highest BCUT2D eigenvalue weighted by Crippen LogP contribution is 2.26. The number of aryl methyl sites for hydroxylation is 1. The van der Waals surface area contributed by atoms with Crippen LogP contribution in [-0.4, -0.2) is 27.5 Å². The molecule has 0 aliphatic carbocycles. The van der Waals surface area contributed by atoms with Crippen molar-refractivity contribution < 1.29 is 22.3 Å². The summed E-state index contributed by atoms with van der Waals surface area (Å²) >= 11 is 0. The smallest absolute Gasteiger partial charge is 0.264 e. The Kier molecular flexibility index (Phi) is 7.48. The van der Waals surface area contributed by atoms with Gasteiger partial charge in [-0.05, 0) is 67.9 Å². The van der Waals surface area contributed by atoms with Gasteiger partial charge in [0.05, 0.1) is 17.2 Å². The van der Waals surface area contributed by atoms with Crippen LogP contribution in [0.4, 0.5) is 10.1 Å². The van der Waals surface area contributed by atoms with E-state index in [9.17, 15) is 17.6 Å². The van der Waals surface area contributed by atoms with Gasteiger partial charge >= 0.3 is 0 Å². The monoisotopic (exact) mass is 456 g/mol. The van der Waals surface area contributed by atoms with E-state index < -0.39 is 28.3 Å². The van der Waals surface area contributed by atoms with Gasteiger partial charge < -0.3 is 10.1 Å². The van der Waals surface area contributed by atoms with E-state index in [0.717, 1.165) is 27.6 Å². The van der Waals surface area contributed by atoms with Crippen molar-refractivity contribution in [1.82, 2.24) is 5.32 Å². The molecular formula is C24H25FN2O4S. The molecule has 0 aliphatic heterocycles. The largest absolute Gasteiger partial charge is 0.494 e. The molecule has 0 fully saturated rings. The molecule has 1 N–H and O–H groups in total. The fourth-order valence-electron chi connectivity index (χ4n) is 3.13. The van der Waals surface area contributed by atoms with E-state index in [1.54, 1.807) is 24.3 Å². The number of anilines is 1. The predicted molar refractivity (Wildman–Crippen MR) is 122 cm³/mol. The molecular weight excluding hydrogens is 431 g/mol. The third-order valence-electron chi connectivity index (χ3n) is 4.70. The van der Waals surface area contributed by atoms with Crippen molar-refractivity contribution in [3.05, 3.63) is 89.7 Å². The summed E-state index contributed by atoms with van der Waals surface area (Å²) in [6.45, 7) is 4.11. The van der Waals surface area contributed by atoms with Crippen LogP contribution in [0.15, 0.2) is 77.7 Å². The molecule has 3 aromatic rings. The first-order valence-electron chi connectivity index (χ1n) is 10.1. The SMILES string of the molecule is CCOc1ccc(N(CC(=O)NCc2cccc(C)c2)S(=O)(=O)c2ccc(F)cc2)cc1. The van der Waals surface area contributed by atoms with Crippen LogP contribution in [-0.2, 0) is 21.4 Å². The Balaban J connectivity index is 1.85. The second-order valence-electron chi connectivity index (χ2n) is 7.16. The Hall–Kier alpha value is -3.39. The molecule has 0 spiro atoms. The van der Waals surface area contributed by atoms with E-state index >= 15 is 0 Å². The van der Waals surface area contributed by atoms with Gasteiger partial charge in [0, 0.05) is 6.54 Å². The van der Waals surface area contributed by atoms with Crippen molar-refractivity contribution in [1.29, 1.82) is 0 Å². The van der Waals surface area contributed by atoms with E-state index in [4.69, 9.17) is 4.74 Å². The van der Waals surface area contributed by atoms with Gasteiger partial charge in [-0.15, -0.1) is 0 Å². The molecule has 0 unspecified atom stereocenters. The number of halogens is 1. The van der Waals surface area contributed by atoms with Crippen LogP contribution in [0, 0.1) is 12.7 Å². The summed E-state index contributed by atoms with van der Waals surface area (Å²) in [4.78, 5) is 12.6. The number of sulfonamides is 1. The minimum absolute atomic E-state index is 0.112. The van der Waals surface area contributed by atoms with Gasteiger partial charge in [0.2, 0.25) is 5.91 Å². The first-order chi connectivity index (χ1) is 15.3. The zero-order valence-electron chi connectivity index (χ0n) is 17.9. The molecule has 168 valence electrons. The van der Waals surface area contributed by atoms with E-state index in [-0.39, 0.29) is 11.4 Å². The highest BCUT2D eigenvalue weighted by molar-refractivity contribution is 7.92. The van der Waals surface area contributed by atoms with Gasteiger partial charge in [-0.25, -0.2) is 12.8 Å². The summed E-state index contributed by atoms with van der Waals surface area (Å²) in [6.07, 6.45) is 0. The topological polar surface area (TPSA) is 75.7 Å². The number of amides is 1. The first-order valence-corrected chi connectivity index (χ1v) is 11.6. The van der Waals surface area contributed by atoms with Gasteiger partial charge in [0.1, 0.15) is 18.1 Å². The molecule has 3 rings (SSSR count). The molecule has 0 atom stereocenters. The Morgan fingerprint density at radius 3 is 2.34 bits per heavy atom. The number of ether oxygens (including phenoxy) is 1. The molecule has 0 aromatic heterocycles. The average molecular weight is 457 g/mol. The van der Waals surface area contributed by atoms with Crippen LogP contribution in [0.5, 0.6) is 5.75 Å². The maximum atomic E-state index is 13.3. The zero-order valence-corrected chi connectivity index (χ0v) is 18.7. The van der Waals surface area contributed by atoms with Gasteiger partial charge in [-0.1, -0.05) is 29.8 Å². The average Bonchev–Trinajstić information content (AvgIpc) is 2.77. The van der Waals surface area contributed by atoms with Crippen molar-refractivity contribution in [2.75, 3.05) is 17.5 Å². The lowest BCUT2D eigenvalue weighted by atomic mass is 10.1. The number of nitrogens with one attached hydrogen (secondary N) is 1. The van der Waals surface area contributed by atoms with E-state index in [0.29, 0.717) is 18.0 Å². The van der Waals surface area contributed by atoms with E-state index in [2.05, 4.69) is 5.32 Å². The number of benzene rings is 3. The number of nitrogens with zero attached hydrogens (tertiary/aromatic N) is 1. The van der Waals surface area contributed by atoms with Crippen LogP contribution in [0.3, 0.4) is 0 Å². The van der Waals surface area contributed by atoms with Crippen LogP contribution in [0.1, 0.15) is 18.1 Å². The summed E-state index contributed by atoms with van der Waals surface area (Å²) in [5, 5.41) is 2.76. The fraction of sp³-hybridized carbons (Fsp3) is 0.208. The van der Waals surface area contributed by atoms with Crippen molar-refractivity contribution >= 4 is 21.6 Å². The maximum Gasteiger partial charge on any atom is 0.264 e. The Labute approximate surface area is 187 Å². The third-order valence-corrected chi connectivity index (χ3v) is 6.48. The van der Waals surface area contributed by atoms with Gasteiger partial charge in [0.25, 0.3) is 10.0 Å². The standard InChI is InChI=1S/C24H25FN2O4S/c1-3-31-22-11-9-21(10-12-22)27(32(29,30)23-13-7-20(25)8-14-23)17-24(28)26-16-19-6-4-5-18(2)15-19/h4-15H,3,16-17H2,1-2H3,(H,26,28). The highest BCUT2D eigenvalue weighted by Gasteiger charge is 2.27. The quantitative estimate of drug-likeness (QED) is 0.527. The molecule has 0 heterocycles. The number of rotatable bonds is 9. The van der Waals surface area contributed by atoms with Crippen LogP contribution in [0.25, 0.3) is 0 Å². The second kappa shape index (κ2) is 10.3. The normalized spacial score (nSPS) is 11.1. The lowest BCUT2D eigenvalue weighted by molar-refractivity contribution is -0.119. The zero-order chi connectivity index (χ0) is 23.1. The Bertz CT molecular complexity index is 1160. The summed E-state index contributed by atoms with van der Waals surface area (Å²) in [5.74, 6) is -0.433. The molecule has 0 bridgehead atoms. The molecule has 8 heteroatoms. The van der Waals surface area contributed by atoms with Gasteiger partial charge in [-0.3, -0.25) is 9.10 Å². The Morgan fingerprint density at radius 2 is 1.72 bits per heavy atom. The molecule has 0 radical (unpaired) electrons. The lowest BCUT2D eigenvalue weighted by Crippen LogP contribution is -2.40. The highest BCUT2D eigenvalue weighted by atomic mass is 32.2. The van der Waals surface area contributed by atoms with Crippen LogP contribution in [0.2, 0.25) is 0 Å². The van der Waals surface area contributed by atoms with Crippen molar-refractivity contribution in [3.8, 4) is 5.75 Å². The molecule has 32 heavy (non-hydrogen) atoms. The minimum atomic E-state index is -4.12. The van der Waals surface area contributed by atoms with Crippen molar-refractivity contribution in [2.45, 2.75) is 25.3 Å². The van der Waals surface area contributed by atoms with E-state index in [1.165, 1.54) is 12.1 Å². The molecule has 3 aromatic carbocycles. The third kappa shape index (κ3) is 5.85. The predicted octanol–water partition coefficient (Wildman–Crippen LogP) is 4.04. The molecule has 6 nitrogen and oxygen atoms in total. The first kappa shape index (κ1) is 23.3. The summed E-state index contributed by atoms with van der Waals surface area (Å²) in [7, 11) is -4.12. The number of carbonyl (C=O) groups is 1. The van der Waals surface area contributed by atoms with Gasteiger partial charge in [0.15, 0.2) is 0 Å².